The van der Waals surface area contributed by atoms with Crippen molar-refractivity contribution in [2.45, 2.75) is 5.92 Å². The quantitative estimate of drug-likeness (QED) is 0.661. The highest BCUT2D eigenvalue weighted by Gasteiger charge is 2.20. The first-order chi connectivity index (χ1) is 6.27. The van der Waals surface area contributed by atoms with Gasteiger partial charge in [0.1, 0.15) is 0 Å². The standard InChI is InChI=1S/C9H11N3O/c10-9(13)6-1-2-12-8(3-6)7-4-11-5-7/h1-3,7,11H,4-5H2,(H2,10,13). The molecule has 2 rings (SSSR count). The number of pyridine rings is 1. The van der Waals surface area contributed by atoms with Crippen LogP contribution in [0.2, 0.25) is 0 Å². The van der Waals surface area contributed by atoms with Crippen molar-refractivity contribution < 1.29 is 4.79 Å². The molecule has 1 aliphatic heterocycles. The summed E-state index contributed by atoms with van der Waals surface area (Å²) in [5, 5.41) is 3.15. The largest absolute Gasteiger partial charge is 0.366 e. The van der Waals surface area contributed by atoms with E-state index in [1.165, 1.54) is 0 Å². The second-order valence-corrected chi connectivity index (χ2v) is 3.19. The fraction of sp³-hybridized carbons (Fsp3) is 0.333. The Labute approximate surface area is 76.2 Å². The predicted octanol–water partition coefficient (Wildman–Crippen LogP) is -0.133. The van der Waals surface area contributed by atoms with Crippen LogP contribution in [-0.4, -0.2) is 24.0 Å². The van der Waals surface area contributed by atoms with Crippen LogP contribution in [0.1, 0.15) is 22.0 Å². The van der Waals surface area contributed by atoms with Crippen molar-refractivity contribution in [2.24, 2.45) is 5.73 Å². The minimum atomic E-state index is -0.393. The summed E-state index contributed by atoms with van der Waals surface area (Å²) in [6.07, 6.45) is 1.63. The van der Waals surface area contributed by atoms with Crippen LogP contribution in [0.4, 0.5) is 0 Å². The summed E-state index contributed by atoms with van der Waals surface area (Å²) in [6, 6.07) is 3.41. The van der Waals surface area contributed by atoms with Gasteiger partial charge in [-0.3, -0.25) is 9.78 Å². The van der Waals surface area contributed by atoms with Crippen molar-refractivity contribution in [3.05, 3.63) is 29.6 Å². The van der Waals surface area contributed by atoms with E-state index >= 15 is 0 Å². The van der Waals surface area contributed by atoms with Gasteiger partial charge in [0.15, 0.2) is 0 Å². The molecule has 2 heterocycles. The molecule has 0 bridgehead atoms. The van der Waals surface area contributed by atoms with Crippen LogP contribution < -0.4 is 11.1 Å². The lowest BCUT2D eigenvalue weighted by Crippen LogP contribution is -2.40. The van der Waals surface area contributed by atoms with Gasteiger partial charge in [0.25, 0.3) is 0 Å². The molecule has 68 valence electrons. The summed E-state index contributed by atoms with van der Waals surface area (Å²) < 4.78 is 0. The number of nitrogens with one attached hydrogen (secondary N) is 1. The first-order valence-electron chi connectivity index (χ1n) is 4.24. The number of hydrogen-bond donors (Lipinski definition) is 2. The SMILES string of the molecule is NC(=O)c1ccnc(C2CNC2)c1. The van der Waals surface area contributed by atoms with Crippen LogP contribution in [0.3, 0.4) is 0 Å². The molecule has 4 nitrogen and oxygen atoms in total. The molecule has 0 atom stereocenters. The summed E-state index contributed by atoms with van der Waals surface area (Å²) in [5.41, 5.74) is 6.65. The van der Waals surface area contributed by atoms with E-state index in [0.29, 0.717) is 11.5 Å². The van der Waals surface area contributed by atoms with Crippen LogP contribution in [-0.2, 0) is 0 Å². The summed E-state index contributed by atoms with van der Waals surface area (Å²) in [6.45, 7) is 1.88. The van der Waals surface area contributed by atoms with Crippen LogP contribution in [0.5, 0.6) is 0 Å². The lowest BCUT2D eigenvalue weighted by molar-refractivity contribution is 0.1000. The molecule has 0 radical (unpaired) electrons. The Morgan fingerprint density at radius 2 is 2.38 bits per heavy atom. The Morgan fingerprint density at radius 1 is 1.62 bits per heavy atom. The molecule has 0 spiro atoms. The molecule has 0 aliphatic carbocycles. The van der Waals surface area contributed by atoms with Crippen molar-refractivity contribution in [1.82, 2.24) is 10.3 Å². The zero-order valence-corrected chi connectivity index (χ0v) is 7.16. The smallest absolute Gasteiger partial charge is 0.248 e. The predicted molar refractivity (Wildman–Crippen MR) is 48.4 cm³/mol. The maximum atomic E-state index is 10.9. The fourth-order valence-corrected chi connectivity index (χ4v) is 1.32. The van der Waals surface area contributed by atoms with Gasteiger partial charge in [0.2, 0.25) is 5.91 Å². The van der Waals surface area contributed by atoms with Gasteiger partial charge in [-0.25, -0.2) is 0 Å². The Kier molecular flexibility index (Phi) is 1.98. The van der Waals surface area contributed by atoms with Crippen molar-refractivity contribution in [2.75, 3.05) is 13.1 Å². The summed E-state index contributed by atoms with van der Waals surface area (Å²) >= 11 is 0. The van der Waals surface area contributed by atoms with E-state index in [4.69, 9.17) is 5.73 Å². The molecule has 0 aromatic carbocycles. The van der Waals surface area contributed by atoms with E-state index in [9.17, 15) is 4.79 Å². The van der Waals surface area contributed by atoms with E-state index < -0.39 is 5.91 Å². The molecule has 1 aromatic heterocycles. The van der Waals surface area contributed by atoms with Gasteiger partial charge >= 0.3 is 0 Å². The lowest BCUT2D eigenvalue weighted by atomic mass is 9.97. The number of rotatable bonds is 2. The highest BCUT2D eigenvalue weighted by atomic mass is 16.1. The molecule has 3 N–H and O–H groups in total. The van der Waals surface area contributed by atoms with E-state index in [2.05, 4.69) is 10.3 Å². The summed E-state index contributed by atoms with van der Waals surface area (Å²) in [5.74, 6) is 0.0511. The Morgan fingerprint density at radius 3 is 2.92 bits per heavy atom. The van der Waals surface area contributed by atoms with Crippen LogP contribution in [0, 0.1) is 0 Å². The van der Waals surface area contributed by atoms with Crippen LogP contribution >= 0.6 is 0 Å². The number of nitrogens with two attached hydrogens (primary N) is 1. The highest BCUT2D eigenvalue weighted by Crippen LogP contribution is 2.17. The fourth-order valence-electron chi connectivity index (χ4n) is 1.32. The van der Waals surface area contributed by atoms with E-state index in [1.54, 1.807) is 18.3 Å². The zero-order valence-electron chi connectivity index (χ0n) is 7.16. The number of nitrogens with zero attached hydrogens (tertiary/aromatic N) is 1. The molecule has 4 heteroatoms. The van der Waals surface area contributed by atoms with Gasteiger partial charge in [0.05, 0.1) is 0 Å². The zero-order chi connectivity index (χ0) is 9.26. The number of hydrogen-bond acceptors (Lipinski definition) is 3. The first kappa shape index (κ1) is 8.19. The average Bonchev–Trinajstić information content (AvgIpc) is 2.01. The number of aromatic nitrogens is 1. The molecular weight excluding hydrogens is 166 g/mol. The van der Waals surface area contributed by atoms with Crippen molar-refractivity contribution in [3.63, 3.8) is 0 Å². The molecule has 1 aliphatic rings. The van der Waals surface area contributed by atoms with E-state index in [-0.39, 0.29) is 0 Å². The molecule has 13 heavy (non-hydrogen) atoms. The van der Waals surface area contributed by atoms with Gasteiger partial charge in [-0.05, 0) is 12.1 Å². The van der Waals surface area contributed by atoms with Crippen molar-refractivity contribution in [1.29, 1.82) is 0 Å². The lowest BCUT2D eigenvalue weighted by Gasteiger charge is -2.26. The Bertz CT molecular complexity index is 333. The molecule has 1 amide bonds. The normalized spacial score (nSPS) is 16.6. The monoisotopic (exact) mass is 177 g/mol. The first-order valence-corrected chi connectivity index (χ1v) is 4.24. The maximum absolute atomic E-state index is 10.9. The van der Waals surface area contributed by atoms with Crippen LogP contribution in [0.15, 0.2) is 18.3 Å². The molecule has 0 saturated carbocycles. The third kappa shape index (κ3) is 1.53. The number of carbonyl (C=O) groups is 1. The molecule has 1 fully saturated rings. The van der Waals surface area contributed by atoms with Gasteiger partial charge in [-0.15, -0.1) is 0 Å². The third-order valence-electron chi connectivity index (χ3n) is 2.27. The highest BCUT2D eigenvalue weighted by molar-refractivity contribution is 5.92. The molecule has 0 unspecified atom stereocenters. The number of amides is 1. The minimum absolute atomic E-state index is 0.393. The minimum Gasteiger partial charge on any atom is -0.366 e. The van der Waals surface area contributed by atoms with Gasteiger partial charge in [-0.1, -0.05) is 0 Å². The summed E-state index contributed by atoms with van der Waals surface area (Å²) in [7, 11) is 0. The second kappa shape index (κ2) is 3.14. The third-order valence-corrected chi connectivity index (χ3v) is 2.27. The second-order valence-electron chi connectivity index (χ2n) is 3.19. The Hall–Kier alpha value is -1.42. The average molecular weight is 177 g/mol. The van der Waals surface area contributed by atoms with E-state index in [0.717, 1.165) is 18.8 Å². The van der Waals surface area contributed by atoms with E-state index in [1.807, 2.05) is 0 Å². The van der Waals surface area contributed by atoms with Gasteiger partial charge in [-0.2, -0.15) is 0 Å². The molecule has 1 aromatic rings. The topological polar surface area (TPSA) is 68.0 Å². The number of primary amides is 1. The maximum Gasteiger partial charge on any atom is 0.248 e. The molecule has 1 saturated heterocycles. The summed E-state index contributed by atoms with van der Waals surface area (Å²) in [4.78, 5) is 15.1. The van der Waals surface area contributed by atoms with Crippen molar-refractivity contribution in [3.8, 4) is 0 Å². The van der Waals surface area contributed by atoms with Crippen molar-refractivity contribution >= 4 is 5.91 Å². The van der Waals surface area contributed by atoms with Gasteiger partial charge in [0, 0.05) is 36.5 Å². The van der Waals surface area contributed by atoms with Gasteiger partial charge < -0.3 is 11.1 Å². The Balaban J connectivity index is 2.26. The van der Waals surface area contributed by atoms with Crippen LogP contribution in [0.25, 0.3) is 0 Å². The molecular formula is C9H11N3O. The number of carbonyl (C=O) groups excluding carboxylic acids is 1.